The third kappa shape index (κ3) is 3.77. The first-order valence-electron chi connectivity index (χ1n) is 12.0. The number of hydrogen-bond donors (Lipinski definition) is 0. The van der Waals surface area contributed by atoms with Crippen LogP contribution in [0.5, 0.6) is 5.75 Å². The van der Waals surface area contributed by atoms with Crippen molar-refractivity contribution in [3.63, 3.8) is 0 Å². The Bertz CT molecular complexity index is 1530. The Kier molecular flexibility index (Phi) is 5.56. The molecule has 0 aromatic heterocycles. The molecule has 2 heterocycles. The summed E-state index contributed by atoms with van der Waals surface area (Å²) in [6.45, 7) is 4.83. The maximum Gasteiger partial charge on any atom is 0.315 e. The number of ether oxygens (including phenoxy) is 1. The Balaban J connectivity index is 1.41. The number of esters is 1. The van der Waals surface area contributed by atoms with Crippen LogP contribution in [-0.2, 0) is 22.6 Å². The molecule has 2 aliphatic heterocycles. The fraction of sp³-hybridized carbons (Fsp3) is 0.200. The summed E-state index contributed by atoms with van der Waals surface area (Å²) in [4.78, 5) is 28.8. The van der Waals surface area contributed by atoms with Gasteiger partial charge in [-0.15, -0.1) is 0 Å². The van der Waals surface area contributed by atoms with Crippen molar-refractivity contribution in [3.8, 4) is 5.75 Å². The maximum absolute atomic E-state index is 12.6. The van der Waals surface area contributed by atoms with Crippen LogP contribution in [0.15, 0.2) is 72.8 Å². The van der Waals surface area contributed by atoms with Gasteiger partial charge in [-0.3, -0.25) is 4.79 Å². The van der Waals surface area contributed by atoms with Crippen molar-refractivity contribution in [2.45, 2.75) is 37.9 Å². The quantitative estimate of drug-likeness (QED) is 0.0968. The Morgan fingerprint density at radius 1 is 0.972 bits per heavy atom. The number of aldehydes is 1. The largest absolute Gasteiger partial charge is 0.426 e. The Labute approximate surface area is 218 Å². The first-order valence-corrected chi connectivity index (χ1v) is 12.9. The van der Waals surface area contributed by atoms with Gasteiger partial charge >= 0.3 is 5.97 Å². The van der Waals surface area contributed by atoms with Crippen LogP contribution >= 0.6 is 15.9 Å². The summed E-state index contributed by atoms with van der Waals surface area (Å²) in [5.74, 6) is 0.430. The zero-order valence-electron chi connectivity index (χ0n) is 20.1. The Hall–Kier alpha value is -3.64. The first-order chi connectivity index (χ1) is 17.4. The topological polar surface area (TPSA) is 49.9 Å². The average molecular weight is 541 g/mol. The fourth-order valence-corrected chi connectivity index (χ4v) is 6.06. The molecular formula is C30H25BrN2O3. The van der Waals surface area contributed by atoms with Crippen molar-refractivity contribution in [2.24, 2.45) is 0 Å². The molecule has 0 bridgehead atoms. The number of anilines is 2. The highest BCUT2D eigenvalue weighted by molar-refractivity contribution is 9.09. The minimum absolute atomic E-state index is 0.214. The molecule has 0 radical (unpaired) electrons. The lowest BCUT2D eigenvalue weighted by atomic mass is 10.0. The Morgan fingerprint density at radius 3 is 2.50 bits per heavy atom. The van der Waals surface area contributed by atoms with Crippen molar-refractivity contribution in [2.75, 3.05) is 9.80 Å². The number of carbonyl (C=O) groups excluding carboxylic acids is 2. The summed E-state index contributed by atoms with van der Waals surface area (Å²) in [7, 11) is 0. The van der Waals surface area contributed by atoms with E-state index in [2.05, 4.69) is 76.0 Å². The molecule has 36 heavy (non-hydrogen) atoms. The monoisotopic (exact) mass is 540 g/mol. The number of aryl methyl sites for hydroxylation is 2. The van der Waals surface area contributed by atoms with E-state index in [0.29, 0.717) is 18.7 Å². The standard InChI is InChI=1S/C30H25BrN2O3/c1-18-11-25-26(12-19(18)2)33(27(17-34)23-9-8-21-5-3-4-6-22(21)14-23)30(31)32(25)16-20-7-10-28-24(13-20)15-29(35)36-28/h3-14,17,27,30H,15-16H2,1-2H3. The molecule has 0 amide bonds. The second-order valence-electron chi connectivity index (χ2n) is 9.55. The lowest BCUT2D eigenvalue weighted by molar-refractivity contribution is -0.131. The minimum Gasteiger partial charge on any atom is -0.426 e. The highest BCUT2D eigenvalue weighted by Crippen LogP contribution is 2.48. The van der Waals surface area contributed by atoms with E-state index >= 15 is 0 Å². The van der Waals surface area contributed by atoms with E-state index < -0.39 is 6.04 Å². The number of fused-ring (bicyclic) bond motifs is 3. The number of benzene rings is 4. The highest BCUT2D eigenvalue weighted by Gasteiger charge is 2.39. The summed E-state index contributed by atoms with van der Waals surface area (Å²) >= 11 is 3.93. The molecule has 2 atom stereocenters. The Morgan fingerprint density at radius 2 is 1.72 bits per heavy atom. The van der Waals surface area contributed by atoms with Crippen LogP contribution in [0.2, 0.25) is 0 Å². The van der Waals surface area contributed by atoms with E-state index in [1.54, 1.807) is 0 Å². The summed E-state index contributed by atoms with van der Waals surface area (Å²) in [6, 6.07) is 24.2. The van der Waals surface area contributed by atoms with Gasteiger partial charge in [0.1, 0.15) is 18.1 Å². The first kappa shape index (κ1) is 22.8. The van der Waals surface area contributed by atoms with Gasteiger partial charge in [-0.2, -0.15) is 0 Å². The lowest BCUT2D eigenvalue weighted by Crippen LogP contribution is -2.41. The molecule has 180 valence electrons. The molecule has 0 saturated carbocycles. The normalized spacial score (nSPS) is 17.2. The number of nitrogens with zero attached hydrogens (tertiary/aromatic N) is 2. The highest BCUT2D eigenvalue weighted by atomic mass is 79.9. The fourth-order valence-electron chi connectivity index (χ4n) is 5.22. The molecule has 0 N–H and O–H groups in total. The molecule has 4 aromatic rings. The number of alkyl halides is 1. The second-order valence-corrected chi connectivity index (χ2v) is 10.4. The number of rotatable bonds is 5. The summed E-state index contributed by atoms with van der Waals surface area (Å²) < 4.78 is 5.27. The molecule has 2 aliphatic rings. The third-order valence-electron chi connectivity index (χ3n) is 7.25. The van der Waals surface area contributed by atoms with Gasteiger partial charge in [0.2, 0.25) is 0 Å². The van der Waals surface area contributed by atoms with Crippen molar-refractivity contribution >= 4 is 50.3 Å². The zero-order valence-corrected chi connectivity index (χ0v) is 21.7. The van der Waals surface area contributed by atoms with Crippen LogP contribution < -0.4 is 14.5 Å². The third-order valence-corrected chi connectivity index (χ3v) is 8.18. The molecular weight excluding hydrogens is 516 g/mol. The molecule has 4 aromatic carbocycles. The van der Waals surface area contributed by atoms with Gasteiger partial charge in [0, 0.05) is 12.1 Å². The van der Waals surface area contributed by atoms with Crippen LogP contribution in [0, 0.1) is 13.8 Å². The summed E-state index contributed by atoms with van der Waals surface area (Å²) in [6.07, 6.45) is 1.33. The SMILES string of the molecule is Cc1cc2c(cc1C)N(C(C=O)c1ccc3ccccc3c1)C(Br)N2Cc1ccc2c(c1)CC(=O)O2. The van der Waals surface area contributed by atoms with E-state index in [-0.39, 0.29) is 11.0 Å². The number of carbonyl (C=O) groups is 2. The predicted molar refractivity (Wildman–Crippen MR) is 146 cm³/mol. The maximum atomic E-state index is 12.6. The molecule has 5 nitrogen and oxygen atoms in total. The van der Waals surface area contributed by atoms with Crippen LogP contribution in [0.4, 0.5) is 11.4 Å². The van der Waals surface area contributed by atoms with Gasteiger partial charge in [0.05, 0.1) is 17.8 Å². The summed E-state index contributed by atoms with van der Waals surface area (Å²) in [5, 5.41) is 2.02. The molecule has 0 spiro atoms. The zero-order chi connectivity index (χ0) is 25.0. The smallest absolute Gasteiger partial charge is 0.315 e. The van der Waals surface area contributed by atoms with E-state index in [1.165, 1.54) is 11.1 Å². The van der Waals surface area contributed by atoms with Crippen LogP contribution in [0.3, 0.4) is 0 Å². The number of halogens is 1. The van der Waals surface area contributed by atoms with Crippen LogP contribution in [-0.4, -0.2) is 17.3 Å². The van der Waals surface area contributed by atoms with Crippen molar-refractivity contribution < 1.29 is 14.3 Å². The second kappa shape index (κ2) is 8.79. The van der Waals surface area contributed by atoms with Gasteiger partial charge in [0.25, 0.3) is 0 Å². The molecule has 0 fully saturated rings. The van der Waals surface area contributed by atoms with Gasteiger partial charge in [-0.1, -0.05) is 42.5 Å². The van der Waals surface area contributed by atoms with Crippen LogP contribution in [0.25, 0.3) is 10.8 Å². The molecule has 2 unspecified atom stereocenters. The predicted octanol–water partition coefficient (Wildman–Crippen LogP) is 6.36. The van der Waals surface area contributed by atoms with Gasteiger partial charge in [0.15, 0.2) is 5.08 Å². The molecule has 0 aliphatic carbocycles. The van der Waals surface area contributed by atoms with Crippen molar-refractivity contribution in [1.82, 2.24) is 0 Å². The minimum atomic E-state index is -0.462. The molecule has 0 saturated heterocycles. The lowest BCUT2D eigenvalue weighted by Gasteiger charge is -2.32. The number of hydrogen-bond acceptors (Lipinski definition) is 5. The van der Waals surface area contributed by atoms with E-state index in [1.807, 2.05) is 36.4 Å². The van der Waals surface area contributed by atoms with Gasteiger partial charge < -0.3 is 19.3 Å². The van der Waals surface area contributed by atoms with Crippen molar-refractivity contribution in [3.05, 3.63) is 101 Å². The van der Waals surface area contributed by atoms with Crippen LogP contribution in [0.1, 0.15) is 33.9 Å². The van der Waals surface area contributed by atoms with Crippen molar-refractivity contribution in [1.29, 1.82) is 0 Å². The van der Waals surface area contributed by atoms with E-state index in [9.17, 15) is 9.59 Å². The van der Waals surface area contributed by atoms with Gasteiger partial charge in [-0.05, 0) is 93.1 Å². The average Bonchev–Trinajstić information content (AvgIpc) is 3.36. The van der Waals surface area contributed by atoms with E-state index in [0.717, 1.165) is 45.1 Å². The molecule has 6 heteroatoms. The van der Waals surface area contributed by atoms with E-state index in [4.69, 9.17) is 4.74 Å². The van der Waals surface area contributed by atoms with Gasteiger partial charge in [-0.25, -0.2) is 0 Å². The molecule has 6 rings (SSSR count). The summed E-state index contributed by atoms with van der Waals surface area (Å²) in [5.41, 5.74) is 7.41.